The largest absolute Gasteiger partial charge is 0.504 e. The van der Waals surface area contributed by atoms with E-state index in [1.807, 2.05) is 6.07 Å². The highest BCUT2D eigenvalue weighted by molar-refractivity contribution is 6.40. The van der Waals surface area contributed by atoms with Crippen LogP contribution < -0.4 is 5.32 Å². The lowest BCUT2D eigenvalue weighted by Crippen LogP contribution is -2.24. The molecule has 0 atom stereocenters. The van der Waals surface area contributed by atoms with Crippen LogP contribution in [-0.2, 0) is 6.54 Å². The number of nitrogens with zero attached hydrogens (tertiary/aromatic N) is 4. The van der Waals surface area contributed by atoms with Gasteiger partial charge in [0.2, 0.25) is 0 Å². The Labute approximate surface area is 173 Å². The summed E-state index contributed by atoms with van der Waals surface area (Å²) >= 11 is 18.2. The molecule has 0 spiro atoms. The molecule has 3 heterocycles. The fraction of sp³-hybridized carbons (Fsp3) is 0.0588. The molecule has 142 valence electrons. The third-order valence-corrected chi connectivity index (χ3v) is 4.64. The second-order valence-electron chi connectivity index (χ2n) is 5.77. The second-order valence-corrected chi connectivity index (χ2v) is 7.02. The fourth-order valence-electron chi connectivity index (χ4n) is 2.62. The van der Waals surface area contributed by atoms with E-state index in [-0.39, 0.29) is 28.0 Å². The van der Waals surface area contributed by atoms with Gasteiger partial charge in [0, 0.05) is 11.2 Å². The zero-order valence-electron chi connectivity index (χ0n) is 13.9. The van der Waals surface area contributed by atoms with E-state index in [0.29, 0.717) is 22.2 Å². The third kappa shape index (κ3) is 3.49. The molecule has 0 aliphatic carbocycles. The average molecular weight is 438 g/mol. The molecule has 0 aliphatic rings. The van der Waals surface area contributed by atoms with Crippen LogP contribution in [-0.4, -0.2) is 35.7 Å². The summed E-state index contributed by atoms with van der Waals surface area (Å²) in [7, 11) is 0. The molecule has 0 saturated carbocycles. The normalized spacial score (nSPS) is 11.1. The molecular weight excluding hydrogens is 427 g/mol. The topological polar surface area (TPSA) is 109 Å². The van der Waals surface area contributed by atoms with Gasteiger partial charge in [0.25, 0.3) is 5.91 Å². The van der Waals surface area contributed by atoms with Crippen molar-refractivity contribution in [3.63, 3.8) is 0 Å². The molecule has 0 radical (unpaired) electrons. The molecule has 4 aromatic rings. The first-order valence-electron chi connectivity index (χ1n) is 7.93. The Balaban J connectivity index is 1.55. The molecule has 1 aromatic carbocycles. The number of fused-ring (bicyclic) bond motifs is 1. The highest BCUT2D eigenvalue weighted by Crippen LogP contribution is 2.33. The van der Waals surface area contributed by atoms with Gasteiger partial charge >= 0.3 is 0 Å². The first-order valence-corrected chi connectivity index (χ1v) is 9.07. The van der Waals surface area contributed by atoms with Crippen LogP contribution in [0.1, 0.15) is 16.3 Å². The first-order chi connectivity index (χ1) is 13.4. The third-order valence-electron chi connectivity index (χ3n) is 3.84. The van der Waals surface area contributed by atoms with E-state index >= 15 is 0 Å². The van der Waals surface area contributed by atoms with Gasteiger partial charge in [0.15, 0.2) is 17.1 Å². The van der Waals surface area contributed by atoms with Crippen LogP contribution in [0.4, 0.5) is 0 Å². The maximum absolute atomic E-state index is 12.4. The van der Waals surface area contributed by atoms with Crippen LogP contribution in [0.3, 0.4) is 0 Å². The lowest BCUT2D eigenvalue weighted by Gasteiger charge is -2.07. The Bertz CT molecular complexity index is 1150. The molecule has 28 heavy (non-hydrogen) atoms. The minimum absolute atomic E-state index is 0.101. The summed E-state index contributed by atoms with van der Waals surface area (Å²) in [4.78, 5) is 23.9. The zero-order valence-corrected chi connectivity index (χ0v) is 16.2. The number of halogens is 3. The van der Waals surface area contributed by atoms with Gasteiger partial charge in [-0.25, -0.2) is 14.6 Å². The molecule has 3 N–H and O–H groups in total. The Kier molecular flexibility index (Phi) is 4.84. The molecule has 0 bridgehead atoms. The number of aromatic amines is 1. The summed E-state index contributed by atoms with van der Waals surface area (Å²) in [6.45, 7) is 0.101. The number of hydrogen-bond acceptors (Lipinski definition) is 5. The number of pyridine rings is 1. The summed E-state index contributed by atoms with van der Waals surface area (Å²) in [5.41, 5.74) is 1.42. The molecule has 4 rings (SSSR count). The molecule has 0 unspecified atom stereocenters. The first kappa shape index (κ1) is 18.5. The molecule has 1 amide bonds. The smallest absolute Gasteiger partial charge is 0.276 e. The number of aromatic nitrogens is 5. The molecule has 3 aromatic heterocycles. The van der Waals surface area contributed by atoms with Crippen molar-refractivity contribution in [2.24, 2.45) is 0 Å². The Morgan fingerprint density at radius 3 is 2.71 bits per heavy atom. The van der Waals surface area contributed by atoms with Crippen LogP contribution in [0.25, 0.3) is 16.9 Å². The molecular formula is C17H11Cl3N6O2. The monoisotopic (exact) mass is 436 g/mol. The lowest BCUT2D eigenvalue weighted by molar-refractivity contribution is 0.0942. The van der Waals surface area contributed by atoms with Crippen molar-refractivity contribution in [3.8, 4) is 11.4 Å². The van der Waals surface area contributed by atoms with Gasteiger partial charge in [-0.1, -0.05) is 34.8 Å². The highest BCUT2D eigenvalue weighted by Gasteiger charge is 2.20. The molecule has 0 saturated heterocycles. The molecule has 0 fully saturated rings. The number of benzene rings is 1. The van der Waals surface area contributed by atoms with E-state index in [4.69, 9.17) is 34.8 Å². The average Bonchev–Trinajstić information content (AvgIpc) is 3.22. The summed E-state index contributed by atoms with van der Waals surface area (Å²) in [5, 5.41) is 17.6. The summed E-state index contributed by atoms with van der Waals surface area (Å²) in [5.74, 6) is -0.401. The maximum atomic E-state index is 12.4. The van der Waals surface area contributed by atoms with Crippen LogP contribution >= 0.6 is 34.8 Å². The van der Waals surface area contributed by atoms with Gasteiger partial charge in [0.05, 0.1) is 28.3 Å². The minimum atomic E-state index is -0.592. The van der Waals surface area contributed by atoms with Crippen LogP contribution in [0, 0.1) is 0 Å². The maximum Gasteiger partial charge on any atom is 0.276 e. The van der Waals surface area contributed by atoms with E-state index in [1.54, 1.807) is 12.3 Å². The lowest BCUT2D eigenvalue weighted by atomic mass is 10.3. The number of amides is 1. The van der Waals surface area contributed by atoms with Crippen LogP contribution in [0.15, 0.2) is 36.7 Å². The van der Waals surface area contributed by atoms with E-state index in [0.717, 1.165) is 5.52 Å². The predicted octanol–water partition coefficient (Wildman–Crippen LogP) is 3.74. The summed E-state index contributed by atoms with van der Waals surface area (Å²) in [6, 6.07) is 6.57. The van der Waals surface area contributed by atoms with Gasteiger partial charge < -0.3 is 15.4 Å². The van der Waals surface area contributed by atoms with Gasteiger partial charge in [-0.3, -0.25) is 4.79 Å². The van der Waals surface area contributed by atoms with Crippen molar-refractivity contribution in [1.29, 1.82) is 0 Å². The standard InChI is InChI=1S/C17H11Cl3N6O2/c18-8-4-9(19)15(10(20)5-8)26-7-12(27)14(25-26)17(28)22-6-13-23-11-2-1-3-21-16(11)24-13/h1-5,7,27H,6H2,(H,22,28)(H,21,23,24). The van der Waals surface area contributed by atoms with Crippen molar-refractivity contribution in [2.45, 2.75) is 6.54 Å². The number of hydrogen-bond donors (Lipinski definition) is 3. The second kappa shape index (κ2) is 7.31. The Hall–Kier alpha value is -2.81. The number of carbonyl (C=O) groups excluding carboxylic acids is 1. The number of H-pyrrole nitrogens is 1. The zero-order chi connectivity index (χ0) is 19.8. The van der Waals surface area contributed by atoms with Crippen molar-refractivity contribution >= 4 is 51.9 Å². The molecule has 11 heteroatoms. The number of nitrogens with one attached hydrogen (secondary N) is 2. The van der Waals surface area contributed by atoms with Crippen molar-refractivity contribution in [1.82, 2.24) is 30.0 Å². The van der Waals surface area contributed by atoms with E-state index in [1.165, 1.54) is 23.0 Å². The SMILES string of the molecule is O=C(NCc1nc2ncccc2[nH]1)c1nn(-c2c(Cl)cc(Cl)cc2Cl)cc1O. The molecule has 8 nitrogen and oxygen atoms in total. The van der Waals surface area contributed by atoms with Crippen LogP contribution in [0.5, 0.6) is 5.75 Å². The van der Waals surface area contributed by atoms with Crippen molar-refractivity contribution < 1.29 is 9.90 Å². The van der Waals surface area contributed by atoms with Gasteiger partial charge in [-0.15, -0.1) is 0 Å². The number of carbonyl (C=O) groups is 1. The fourth-order valence-corrected chi connectivity index (χ4v) is 3.61. The van der Waals surface area contributed by atoms with Gasteiger partial charge in [-0.2, -0.15) is 5.10 Å². The minimum Gasteiger partial charge on any atom is -0.504 e. The van der Waals surface area contributed by atoms with E-state index in [2.05, 4.69) is 25.4 Å². The van der Waals surface area contributed by atoms with Crippen molar-refractivity contribution in [2.75, 3.05) is 0 Å². The van der Waals surface area contributed by atoms with Crippen LogP contribution in [0.2, 0.25) is 15.1 Å². The predicted molar refractivity (Wildman–Crippen MR) is 105 cm³/mol. The Morgan fingerprint density at radius 1 is 1.25 bits per heavy atom. The van der Waals surface area contributed by atoms with Crippen molar-refractivity contribution in [3.05, 3.63) is 63.2 Å². The van der Waals surface area contributed by atoms with E-state index in [9.17, 15) is 9.90 Å². The summed E-state index contributed by atoms with van der Waals surface area (Å²) in [6.07, 6.45) is 2.87. The molecule has 0 aliphatic heterocycles. The highest BCUT2D eigenvalue weighted by atomic mass is 35.5. The quantitative estimate of drug-likeness (QED) is 0.451. The Morgan fingerprint density at radius 2 is 2.00 bits per heavy atom. The number of rotatable bonds is 4. The van der Waals surface area contributed by atoms with Gasteiger partial charge in [-0.05, 0) is 24.3 Å². The number of imidazole rings is 1. The summed E-state index contributed by atoms with van der Waals surface area (Å²) < 4.78 is 1.22. The number of aromatic hydroxyl groups is 1. The van der Waals surface area contributed by atoms with Gasteiger partial charge in [0.1, 0.15) is 11.5 Å². The van der Waals surface area contributed by atoms with E-state index < -0.39 is 5.91 Å².